The third-order valence-electron chi connectivity index (χ3n) is 3.44. The number of carboxylic acids is 1. The molecule has 0 spiro atoms. The van der Waals surface area contributed by atoms with Crippen LogP contribution < -0.4 is 4.74 Å². The van der Waals surface area contributed by atoms with Crippen molar-refractivity contribution >= 4 is 11.8 Å². The Labute approximate surface area is 106 Å². The van der Waals surface area contributed by atoms with E-state index in [1.807, 2.05) is 6.92 Å². The lowest BCUT2D eigenvalue weighted by Crippen LogP contribution is -2.33. The fourth-order valence-electron chi connectivity index (χ4n) is 2.54. The SMILES string of the molecule is CCOc1ccccc1C1(C(=O)O)CCC(=O)C1. The molecule has 0 aromatic heterocycles. The molecule has 1 N–H and O–H groups in total. The fraction of sp³-hybridized carbons (Fsp3) is 0.429. The van der Waals surface area contributed by atoms with E-state index in [4.69, 9.17) is 4.74 Å². The lowest BCUT2D eigenvalue weighted by Gasteiger charge is -2.25. The van der Waals surface area contributed by atoms with Crippen molar-refractivity contribution in [2.75, 3.05) is 6.61 Å². The Morgan fingerprint density at radius 1 is 1.44 bits per heavy atom. The first-order valence-corrected chi connectivity index (χ1v) is 6.07. The summed E-state index contributed by atoms with van der Waals surface area (Å²) < 4.78 is 5.49. The third kappa shape index (κ3) is 1.98. The van der Waals surface area contributed by atoms with E-state index in [2.05, 4.69) is 0 Å². The molecular weight excluding hydrogens is 232 g/mol. The van der Waals surface area contributed by atoms with Crippen LogP contribution in [0, 0.1) is 0 Å². The average molecular weight is 248 g/mol. The van der Waals surface area contributed by atoms with E-state index in [9.17, 15) is 14.7 Å². The normalized spacial score (nSPS) is 23.1. The molecule has 4 heteroatoms. The smallest absolute Gasteiger partial charge is 0.314 e. The van der Waals surface area contributed by atoms with Crippen LogP contribution in [0.3, 0.4) is 0 Å². The van der Waals surface area contributed by atoms with Gasteiger partial charge in [0.15, 0.2) is 0 Å². The number of rotatable bonds is 4. The number of benzene rings is 1. The van der Waals surface area contributed by atoms with Crippen LogP contribution in [0.4, 0.5) is 0 Å². The van der Waals surface area contributed by atoms with Gasteiger partial charge < -0.3 is 9.84 Å². The molecule has 1 aromatic carbocycles. The highest BCUT2D eigenvalue weighted by molar-refractivity contribution is 5.94. The molecule has 1 aromatic rings. The van der Waals surface area contributed by atoms with Gasteiger partial charge in [0.05, 0.1) is 6.61 Å². The predicted octanol–water partition coefficient (Wildman–Crippen LogP) is 2.16. The molecule has 4 nitrogen and oxygen atoms in total. The van der Waals surface area contributed by atoms with Crippen molar-refractivity contribution in [2.24, 2.45) is 0 Å². The number of Topliss-reactive ketones (excluding diaryl/α,β-unsaturated/α-hetero) is 1. The number of hydrogen-bond donors (Lipinski definition) is 1. The van der Waals surface area contributed by atoms with E-state index >= 15 is 0 Å². The molecule has 0 radical (unpaired) electrons. The van der Waals surface area contributed by atoms with Gasteiger partial charge in [-0.1, -0.05) is 18.2 Å². The topological polar surface area (TPSA) is 63.6 Å². The van der Waals surface area contributed by atoms with Crippen LogP contribution in [-0.4, -0.2) is 23.5 Å². The molecule has 1 unspecified atom stereocenters. The summed E-state index contributed by atoms with van der Waals surface area (Å²) in [5.74, 6) is -0.374. The lowest BCUT2D eigenvalue weighted by molar-refractivity contribution is -0.144. The van der Waals surface area contributed by atoms with Gasteiger partial charge in [-0.15, -0.1) is 0 Å². The van der Waals surface area contributed by atoms with Crippen LogP contribution >= 0.6 is 0 Å². The summed E-state index contributed by atoms with van der Waals surface area (Å²) in [6.07, 6.45) is 0.741. The molecule has 0 amide bonds. The maximum Gasteiger partial charge on any atom is 0.314 e. The van der Waals surface area contributed by atoms with Gasteiger partial charge in [-0.25, -0.2) is 0 Å². The number of ketones is 1. The van der Waals surface area contributed by atoms with Crippen molar-refractivity contribution in [3.8, 4) is 5.75 Å². The third-order valence-corrected chi connectivity index (χ3v) is 3.44. The zero-order valence-corrected chi connectivity index (χ0v) is 10.3. The highest BCUT2D eigenvalue weighted by Crippen LogP contribution is 2.43. The Balaban J connectivity index is 2.50. The van der Waals surface area contributed by atoms with Gasteiger partial charge >= 0.3 is 5.97 Å². The monoisotopic (exact) mass is 248 g/mol. The second-order valence-corrected chi connectivity index (χ2v) is 4.53. The van der Waals surface area contributed by atoms with Gasteiger partial charge in [-0.3, -0.25) is 9.59 Å². The molecule has 2 rings (SSSR count). The first-order valence-electron chi connectivity index (χ1n) is 6.07. The molecule has 1 aliphatic carbocycles. The van der Waals surface area contributed by atoms with Crippen LogP contribution in [0.2, 0.25) is 0 Å². The van der Waals surface area contributed by atoms with Gasteiger partial charge in [-0.05, 0) is 19.4 Å². The maximum atomic E-state index is 11.6. The van der Waals surface area contributed by atoms with Crippen LogP contribution in [0.15, 0.2) is 24.3 Å². The van der Waals surface area contributed by atoms with E-state index in [1.165, 1.54) is 0 Å². The van der Waals surface area contributed by atoms with Gasteiger partial charge in [0, 0.05) is 18.4 Å². The summed E-state index contributed by atoms with van der Waals surface area (Å²) in [7, 11) is 0. The van der Waals surface area contributed by atoms with E-state index in [0.717, 1.165) is 0 Å². The van der Waals surface area contributed by atoms with E-state index in [-0.39, 0.29) is 12.2 Å². The number of carbonyl (C=O) groups is 2. The summed E-state index contributed by atoms with van der Waals surface area (Å²) in [4.78, 5) is 23.1. The lowest BCUT2D eigenvalue weighted by atomic mass is 9.78. The summed E-state index contributed by atoms with van der Waals surface area (Å²) in [5.41, 5.74) is -0.492. The zero-order valence-electron chi connectivity index (χ0n) is 10.3. The highest BCUT2D eigenvalue weighted by atomic mass is 16.5. The fourth-order valence-corrected chi connectivity index (χ4v) is 2.54. The predicted molar refractivity (Wildman–Crippen MR) is 65.8 cm³/mol. The van der Waals surface area contributed by atoms with Gasteiger partial charge in [0.2, 0.25) is 0 Å². The molecule has 0 saturated heterocycles. The number of carbonyl (C=O) groups excluding carboxylic acids is 1. The minimum atomic E-state index is -1.11. The summed E-state index contributed by atoms with van der Waals surface area (Å²) in [6.45, 7) is 2.32. The van der Waals surface area contributed by atoms with Crippen LogP contribution in [0.25, 0.3) is 0 Å². The minimum Gasteiger partial charge on any atom is -0.494 e. The van der Waals surface area contributed by atoms with Crippen LogP contribution in [-0.2, 0) is 15.0 Å². The minimum absolute atomic E-state index is 0.00343. The molecule has 1 saturated carbocycles. The number of carboxylic acid groups (broad SMARTS) is 1. The maximum absolute atomic E-state index is 11.6. The van der Waals surface area contributed by atoms with Gasteiger partial charge in [-0.2, -0.15) is 0 Å². The Bertz CT molecular complexity index is 480. The Kier molecular flexibility index (Phi) is 3.36. The molecule has 0 heterocycles. The standard InChI is InChI=1S/C14H16O4/c1-2-18-12-6-4-3-5-11(12)14(13(16)17)8-7-10(15)9-14/h3-6H,2,7-9H2,1H3,(H,16,17). The average Bonchev–Trinajstić information content (AvgIpc) is 2.74. The number of hydrogen-bond acceptors (Lipinski definition) is 3. The summed E-state index contributed by atoms with van der Waals surface area (Å²) in [5, 5.41) is 9.52. The van der Waals surface area contributed by atoms with Gasteiger partial charge in [0.25, 0.3) is 0 Å². The first kappa shape index (κ1) is 12.6. The Hall–Kier alpha value is -1.84. The molecule has 1 fully saturated rings. The second kappa shape index (κ2) is 4.80. The summed E-state index contributed by atoms with van der Waals surface area (Å²) in [6, 6.07) is 7.09. The van der Waals surface area contributed by atoms with Crippen molar-refractivity contribution in [3.63, 3.8) is 0 Å². The van der Waals surface area contributed by atoms with Gasteiger partial charge in [0.1, 0.15) is 16.9 Å². The van der Waals surface area contributed by atoms with Crippen LogP contribution in [0.5, 0.6) is 5.75 Å². The molecule has 1 atom stereocenters. The van der Waals surface area contributed by atoms with Crippen molar-refractivity contribution in [1.82, 2.24) is 0 Å². The molecule has 0 bridgehead atoms. The zero-order chi connectivity index (χ0) is 13.2. The molecule has 96 valence electrons. The Morgan fingerprint density at radius 2 is 2.17 bits per heavy atom. The summed E-state index contributed by atoms with van der Waals surface area (Å²) >= 11 is 0. The van der Waals surface area contributed by atoms with E-state index in [1.54, 1.807) is 24.3 Å². The molecular formula is C14H16O4. The molecule has 0 aliphatic heterocycles. The largest absolute Gasteiger partial charge is 0.494 e. The molecule has 1 aliphatic rings. The molecule has 18 heavy (non-hydrogen) atoms. The Morgan fingerprint density at radius 3 is 2.72 bits per heavy atom. The van der Waals surface area contributed by atoms with Crippen molar-refractivity contribution in [1.29, 1.82) is 0 Å². The first-order chi connectivity index (χ1) is 8.60. The van der Waals surface area contributed by atoms with Crippen molar-refractivity contribution < 1.29 is 19.4 Å². The number of aliphatic carboxylic acids is 1. The van der Waals surface area contributed by atoms with Crippen molar-refractivity contribution in [2.45, 2.75) is 31.6 Å². The number of ether oxygens (including phenoxy) is 1. The quantitative estimate of drug-likeness (QED) is 0.886. The number of para-hydroxylation sites is 1. The van der Waals surface area contributed by atoms with Crippen LogP contribution in [0.1, 0.15) is 31.7 Å². The van der Waals surface area contributed by atoms with Crippen molar-refractivity contribution in [3.05, 3.63) is 29.8 Å². The second-order valence-electron chi connectivity index (χ2n) is 4.53. The van der Waals surface area contributed by atoms with E-state index < -0.39 is 11.4 Å². The van der Waals surface area contributed by atoms with E-state index in [0.29, 0.717) is 30.8 Å². The highest BCUT2D eigenvalue weighted by Gasteiger charge is 2.48.